The van der Waals surface area contributed by atoms with Crippen molar-refractivity contribution in [3.05, 3.63) is 28.7 Å². The lowest BCUT2D eigenvalue weighted by Gasteiger charge is -2.29. The summed E-state index contributed by atoms with van der Waals surface area (Å²) in [6, 6.07) is 7.74. The Morgan fingerprint density at radius 2 is 2.26 bits per heavy atom. The Morgan fingerprint density at radius 1 is 1.47 bits per heavy atom. The van der Waals surface area contributed by atoms with E-state index in [1.165, 1.54) is 30.8 Å². The number of piperidine rings is 1. The van der Waals surface area contributed by atoms with Crippen molar-refractivity contribution in [2.75, 3.05) is 26.2 Å². The predicted octanol–water partition coefficient (Wildman–Crippen LogP) is 1.50. The van der Waals surface area contributed by atoms with Gasteiger partial charge in [0.25, 0.3) is 0 Å². The molecule has 19 heavy (non-hydrogen) atoms. The SMILES string of the molecule is C[C@H]1CCC[NH+](C[C@@H](O)COc2ccccc2Br)C1. The highest BCUT2D eigenvalue weighted by atomic mass is 79.9. The molecule has 1 aromatic carbocycles. The Balaban J connectivity index is 1.75. The second kappa shape index (κ2) is 7.27. The number of nitrogens with one attached hydrogen (secondary N) is 1. The van der Waals surface area contributed by atoms with Crippen LogP contribution in [0.15, 0.2) is 28.7 Å². The first-order chi connectivity index (χ1) is 9.15. The predicted molar refractivity (Wildman–Crippen MR) is 79.6 cm³/mol. The zero-order chi connectivity index (χ0) is 13.7. The maximum absolute atomic E-state index is 10.1. The van der Waals surface area contributed by atoms with Gasteiger partial charge in [0.2, 0.25) is 0 Å². The Labute approximate surface area is 123 Å². The molecule has 0 saturated carbocycles. The van der Waals surface area contributed by atoms with Crippen LogP contribution in [0.4, 0.5) is 0 Å². The number of rotatable bonds is 5. The third-order valence-corrected chi connectivity index (χ3v) is 4.31. The third kappa shape index (κ3) is 4.79. The molecule has 2 rings (SSSR count). The Morgan fingerprint density at radius 3 is 3.00 bits per heavy atom. The molecular formula is C15H23BrNO2+. The lowest BCUT2D eigenvalue weighted by atomic mass is 10.0. The molecular weight excluding hydrogens is 306 g/mol. The zero-order valence-electron chi connectivity index (χ0n) is 11.4. The second-order valence-electron chi connectivity index (χ2n) is 5.55. The number of halogens is 1. The third-order valence-electron chi connectivity index (χ3n) is 3.66. The van der Waals surface area contributed by atoms with Crippen LogP contribution in [0.2, 0.25) is 0 Å². The van der Waals surface area contributed by atoms with Gasteiger partial charge < -0.3 is 14.7 Å². The zero-order valence-corrected chi connectivity index (χ0v) is 13.0. The molecule has 1 heterocycles. The summed E-state index contributed by atoms with van der Waals surface area (Å²) in [5, 5.41) is 10.1. The molecule has 0 aromatic heterocycles. The normalized spacial score (nSPS) is 25.0. The lowest BCUT2D eigenvalue weighted by molar-refractivity contribution is -0.911. The summed E-state index contributed by atoms with van der Waals surface area (Å²) in [5.74, 6) is 1.57. The maximum Gasteiger partial charge on any atom is 0.137 e. The minimum atomic E-state index is -0.396. The topological polar surface area (TPSA) is 33.9 Å². The van der Waals surface area contributed by atoms with E-state index < -0.39 is 6.10 Å². The number of hydrogen-bond acceptors (Lipinski definition) is 2. The molecule has 3 atom stereocenters. The van der Waals surface area contributed by atoms with Gasteiger partial charge in [0.05, 0.1) is 17.6 Å². The van der Waals surface area contributed by atoms with Crippen molar-refractivity contribution in [3.8, 4) is 5.75 Å². The van der Waals surface area contributed by atoms with Crippen LogP contribution in [0.5, 0.6) is 5.75 Å². The molecule has 1 aliphatic rings. The van der Waals surface area contributed by atoms with E-state index in [0.29, 0.717) is 6.61 Å². The number of ether oxygens (including phenoxy) is 1. The maximum atomic E-state index is 10.1. The van der Waals surface area contributed by atoms with Crippen LogP contribution in [0.25, 0.3) is 0 Å². The lowest BCUT2D eigenvalue weighted by Crippen LogP contribution is -3.14. The molecule has 1 aromatic rings. The van der Waals surface area contributed by atoms with Crippen molar-refractivity contribution >= 4 is 15.9 Å². The number of aliphatic hydroxyl groups is 1. The molecule has 0 radical (unpaired) electrons. The first-order valence-corrected chi connectivity index (χ1v) is 7.83. The van der Waals surface area contributed by atoms with Gasteiger partial charge in [-0.05, 0) is 40.9 Å². The summed E-state index contributed by atoms with van der Waals surface area (Å²) < 4.78 is 6.59. The number of hydrogen-bond donors (Lipinski definition) is 2. The van der Waals surface area contributed by atoms with E-state index in [1.807, 2.05) is 24.3 Å². The van der Waals surface area contributed by atoms with Crippen LogP contribution < -0.4 is 9.64 Å². The number of aliphatic hydroxyl groups excluding tert-OH is 1. The molecule has 1 saturated heterocycles. The monoisotopic (exact) mass is 328 g/mol. The van der Waals surface area contributed by atoms with E-state index in [9.17, 15) is 5.11 Å². The molecule has 1 aliphatic heterocycles. The quantitative estimate of drug-likeness (QED) is 0.859. The van der Waals surface area contributed by atoms with E-state index in [4.69, 9.17) is 4.74 Å². The summed E-state index contributed by atoms with van der Waals surface area (Å²) >= 11 is 3.44. The molecule has 3 nitrogen and oxygen atoms in total. The van der Waals surface area contributed by atoms with Crippen LogP contribution in [0, 0.1) is 5.92 Å². The van der Waals surface area contributed by atoms with Crippen molar-refractivity contribution < 1.29 is 14.7 Å². The average Bonchev–Trinajstić information content (AvgIpc) is 2.38. The molecule has 0 amide bonds. The highest BCUT2D eigenvalue weighted by molar-refractivity contribution is 9.10. The number of likely N-dealkylation sites (tertiary alicyclic amines) is 1. The summed E-state index contributed by atoms with van der Waals surface area (Å²) in [5.41, 5.74) is 0. The number of quaternary nitrogens is 1. The minimum Gasteiger partial charge on any atom is -0.489 e. The van der Waals surface area contributed by atoms with Gasteiger partial charge in [0, 0.05) is 5.92 Å². The first kappa shape index (κ1) is 14.8. The second-order valence-corrected chi connectivity index (χ2v) is 6.41. The fourth-order valence-electron chi connectivity index (χ4n) is 2.72. The number of para-hydroxylation sites is 1. The van der Waals surface area contributed by atoms with E-state index in [-0.39, 0.29) is 0 Å². The fraction of sp³-hybridized carbons (Fsp3) is 0.600. The fourth-order valence-corrected chi connectivity index (χ4v) is 3.12. The highest BCUT2D eigenvalue weighted by Gasteiger charge is 2.22. The Kier molecular flexibility index (Phi) is 5.67. The molecule has 2 N–H and O–H groups in total. The largest absolute Gasteiger partial charge is 0.489 e. The summed E-state index contributed by atoms with van der Waals surface area (Å²) in [6.45, 7) is 5.79. The molecule has 0 bridgehead atoms. The Hall–Kier alpha value is -0.580. The van der Waals surface area contributed by atoms with Crippen molar-refractivity contribution in [2.45, 2.75) is 25.9 Å². The van der Waals surface area contributed by atoms with Gasteiger partial charge in [0.15, 0.2) is 0 Å². The van der Waals surface area contributed by atoms with Crippen molar-refractivity contribution in [3.63, 3.8) is 0 Å². The van der Waals surface area contributed by atoms with Crippen LogP contribution in [-0.2, 0) is 0 Å². The van der Waals surface area contributed by atoms with Gasteiger partial charge >= 0.3 is 0 Å². The highest BCUT2D eigenvalue weighted by Crippen LogP contribution is 2.23. The van der Waals surface area contributed by atoms with Crippen LogP contribution in [0.3, 0.4) is 0 Å². The number of benzene rings is 1. The Bertz CT molecular complexity index is 399. The van der Waals surface area contributed by atoms with Crippen LogP contribution >= 0.6 is 15.9 Å². The van der Waals surface area contributed by atoms with E-state index in [1.54, 1.807) is 0 Å². The van der Waals surface area contributed by atoms with E-state index in [0.717, 1.165) is 22.7 Å². The molecule has 0 spiro atoms. The molecule has 106 valence electrons. The summed E-state index contributed by atoms with van der Waals surface area (Å²) in [7, 11) is 0. The van der Waals surface area contributed by atoms with Gasteiger partial charge in [-0.25, -0.2) is 0 Å². The van der Waals surface area contributed by atoms with Crippen LogP contribution in [-0.4, -0.2) is 37.5 Å². The average molecular weight is 329 g/mol. The van der Waals surface area contributed by atoms with Crippen LogP contribution in [0.1, 0.15) is 19.8 Å². The van der Waals surface area contributed by atoms with E-state index >= 15 is 0 Å². The van der Waals surface area contributed by atoms with Gasteiger partial charge in [-0.3, -0.25) is 0 Å². The molecule has 1 fully saturated rings. The van der Waals surface area contributed by atoms with Crippen molar-refractivity contribution in [2.24, 2.45) is 5.92 Å². The van der Waals surface area contributed by atoms with Crippen molar-refractivity contribution in [1.82, 2.24) is 0 Å². The van der Waals surface area contributed by atoms with Gasteiger partial charge in [-0.1, -0.05) is 19.1 Å². The molecule has 1 unspecified atom stereocenters. The standard InChI is InChI=1S/C15H22BrNO2/c1-12-5-4-8-17(9-12)10-13(18)11-19-15-7-3-2-6-14(15)16/h2-3,6-7,12-13,18H,4-5,8-11H2,1H3/p+1/t12-,13+/m0/s1. The van der Waals surface area contributed by atoms with Gasteiger partial charge in [0.1, 0.15) is 25.0 Å². The summed E-state index contributed by atoms with van der Waals surface area (Å²) in [6.07, 6.45) is 2.20. The first-order valence-electron chi connectivity index (χ1n) is 7.04. The van der Waals surface area contributed by atoms with Gasteiger partial charge in [-0.15, -0.1) is 0 Å². The minimum absolute atomic E-state index is 0.362. The van der Waals surface area contributed by atoms with E-state index in [2.05, 4.69) is 22.9 Å². The van der Waals surface area contributed by atoms with Crippen molar-refractivity contribution in [1.29, 1.82) is 0 Å². The molecule has 0 aliphatic carbocycles. The summed E-state index contributed by atoms with van der Waals surface area (Å²) in [4.78, 5) is 1.50. The van der Waals surface area contributed by atoms with Gasteiger partial charge in [-0.2, -0.15) is 0 Å². The smallest absolute Gasteiger partial charge is 0.137 e. The molecule has 4 heteroatoms.